The van der Waals surface area contributed by atoms with Gasteiger partial charge in [-0.05, 0) is 25.1 Å². The van der Waals surface area contributed by atoms with Crippen molar-refractivity contribution in [1.29, 1.82) is 0 Å². The minimum atomic E-state index is -1.61. The van der Waals surface area contributed by atoms with E-state index in [0.29, 0.717) is 5.75 Å². The normalized spacial score (nSPS) is 9.93. The van der Waals surface area contributed by atoms with E-state index in [-0.39, 0.29) is 0 Å². The summed E-state index contributed by atoms with van der Waals surface area (Å²) in [5.41, 5.74) is 1.20. The Morgan fingerprint density at radius 2 is 1.93 bits per heavy atom. The van der Waals surface area contributed by atoms with Crippen LogP contribution in [0.25, 0.3) is 0 Å². The zero-order valence-corrected chi connectivity index (χ0v) is 9.30. The van der Waals surface area contributed by atoms with Crippen molar-refractivity contribution >= 4 is 21.6 Å². The lowest BCUT2D eigenvalue weighted by atomic mass is 10.2. The lowest BCUT2D eigenvalue weighted by Gasteiger charge is -1.98. The number of hydrogen-bond acceptors (Lipinski definition) is 2. The van der Waals surface area contributed by atoms with Crippen molar-refractivity contribution in [3.05, 3.63) is 42.0 Å². The third-order valence-corrected chi connectivity index (χ3v) is 3.71. The second-order valence-electron chi connectivity index (χ2n) is 2.67. The summed E-state index contributed by atoms with van der Waals surface area (Å²) in [6.45, 7) is 2.02. The van der Waals surface area contributed by atoms with Gasteiger partial charge in [0.2, 0.25) is 0 Å². The van der Waals surface area contributed by atoms with Crippen LogP contribution in [-0.2, 0) is 0 Å². The highest BCUT2D eigenvalue weighted by atomic mass is 33.1. The average Bonchev–Trinajstić information content (AvgIpc) is 2.15. The lowest BCUT2D eigenvalue weighted by molar-refractivity contribution is 0.420. The molecule has 0 aliphatic carbocycles. The molecule has 0 amide bonds. The quantitative estimate of drug-likeness (QED) is 0.553. The van der Waals surface area contributed by atoms with Crippen LogP contribution in [0.3, 0.4) is 0 Å². The molecule has 76 valence electrons. The molecule has 1 rings (SSSR count). The molecular weight excluding hydrogens is 222 g/mol. The van der Waals surface area contributed by atoms with Crippen molar-refractivity contribution in [3.8, 4) is 0 Å². The monoisotopic (exact) mass is 232 g/mol. The number of aryl methyl sites for hydroxylation is 1. The molecule has 0 atom stereocenters. The van der Waals surface area contributed by atoms with Crippen LogP contribution >= 0.6 is 21.6 Å². The fourth-order valence-corrected chi connectivity index (χ4v) is 2.59. The van der Waals surface area contributed by atoms with Gasteiger partial charge in [-0.1, -0.05) is 39.3 Å². The standard InChI is InChI=1S/C10H10F2S2/c1-8-2-4-9(5-3-8)14-13-7-6-10(11)12/h2-6H,7H2,1H3. The molecular formula is C10H10F2S2. The molecule has 4 heteroatoms. The minimum absolute atomic E-state index is 0.334. The summed E-state index contributed by atoms with van der Waals surface area (Å²) in [4.78, 5) is 1.09. The molecule has 0 fully saturated rings. The van der Waals surface area contributed by atoms with Crippen LogP contribution < -0.4 is 0 Å². The molecule has 1 aromatic carbocycles. The molecule has 0 aliphatic rings. The van der Waals surface area contributed by atoms with E-state index in [0.717, 1.165) is 11.0 Å². The highest BCUT2D eigenvalue weighted by molar-refractivity contribution is 8.76. The first-order valence-corrected chi connectivity index (χ1v) is 6.37. The van der Waals surface area contributed by atoms with Gasteiger partial charge in [-0.3, -0.25) is 0 Å². The van der Waals surface area contributed by atoms with Crippen LogP contribution in [0.4, 0.5) is 8.78 Å². The maximum Gasteiger partial charge on any atom is 0.267 e. The van der Waals surface area contributed by atoms with Gasteiger partial charge in [0.25, 0.3) is 6.08 Å². The fourth-order valence-electron chi connectivity index (χ4n) is 0.793. The van der Waals surface area contributed by atoms with Crippen molar-refractivity contribution in [2.45, 2.75) is 11.8 Å². The summed E-state index contributed by atoms with van der Waals surface area (Å²) < 4.78 is 23.3. The van der Waals surface area contributed by atoms with Crippen molar-refractivity contribution in [2.24, 2.45) is 0 Å². The van der Waals surface area contributed by atoms with Gasteiger partial charge in [-0.2, -0.15) is 8.78 Å². The highest BCUT2D eigenvalue weighted by Crippen LogP contribution is 2.31. The smallest absolute Gasteiger partial charge is 0.174 e. The molecule has 0 saturated carbocycles. The van der Waals surface area contributed by atoms with E-state index in [1.807, 2.05) is 31.2 Å². The molecule has 1 aromatic rings. The Hall–Kier alpha value is -0.480. The fraction of sp³-hybridized carbons (Fsp3) is 0.200. The molecule has 0 unspecified atom stereocenters. The predicted molar refractivity (Wildman–Crippen MR) is 59.8 cm³/mol. The summed E-state index contributed by atoms with van der Waals surface area (Å²) in [6.07, 6.45) is -0.687. The molecule has 0 N–H and O–H groups in total. The summed E-state index contributed by atoms with van der Waals surface area (Å²) in [6, 6.07) is 7.99. The number of benzene rings is 1. The zero-order valence-electron chi connectivity index (χ0n) is 7.67. The van der Waals surface area contributed by atoms with Crippen molar-refractivity contribution in [2.75, 3.05) is 5.75 Å². The molecule has 0 bridgehead atoms. The maximum atomic E-state index is 11.7. The first-order valence-electron chi connectivity index (χ1n) is 4.06. The Labute approximate surface area is 90.2 Å². The number of rotatable bonds is 4. The zero-order chi connectivity index (χ0) is 10.4. The molecule has 0 radical (unpaired) electrons. The highest BCUT2D eigenvalue weighted by Gasteiger charge is 1.94. The van der Waals surface area contributed by atoms with E-state index in [4.69, 9.17) is 0 Å². The first-order chi connectivity index (χ1) is 6.68. The Morgan fingerprint density at radius 1 is 1.29 bits per heavy atom. The maximum absolute atomic E-state index is 11.7. The summed E-state index contributed by atoms with van der Waals surface area (Å²) in [5, 5.41) is 0. The summed E-state index contributed by atoms with van der Waals surface area (Å²) in [7, 11) is 2.91. The molecule has 0 aromatic heterocycles. The minimum Gasteiger partial charge on any atom is -0.174 e. The number of hydrogen-bond donors (Lipinski definition) is 0. The first kappa shape index (κ1) is 11.6. The van der Waals surface area contributed by atoms with Crippen LogP contribution in [0, 0.1) is 6.92 Å². The van der Waals surface area contributed by atoms with Crippen LogP contribution in [0.2, 0.25) is 0 Å². The molecule has 0 saturated heterocycles. The lowest BCUT2D eigenvalue weighted by Crippen LogP contribution is -1.72. The van der Waals surface area contributed by atoms with Crippen molar-refractivity contribution in [1.82, 2.24) is 0 Å². The third-order valence-electron chi connectivity index (χ3n) is 1.48. The topological polar surface area (TPSA) is 0 Å². The molecule has 0 heterocycles. The van der Waals surface area contributed by atoms with Gasteiger partial charge in [0.1, 0.15) is 0 Å². The predicted octanol–water partition coefficient (Wildman–Crippen LogP) is 4.52. The van der Waals surface area contributed by atoms with Crippen LogP contribution in [-0.4, -0.2) is 5.75 Å². The van der Waals surface area contributed by atoms with E-state index < -0.39 is 6.08 Å². The summed E-state index contributed by atoms with van der Waals surface area (Å²) >= 11 is 0. The van der Waals surface area contributed by atoms with Gasteiger partial charge in [-0.25, -0.2) is 0 Å². The Kier molecular flexibility index (Phi) is 5.04. The second-order valence-corrected chi connectivity index (χ2v) is 5.09. The molecule has 14 heavy (non-hydrogen) atoms. The van der Waals surface area contributed by atoms with Gasteiger partial charge in [0.15, 0.2) is 0 Å². The van der Waals surface area contributed by atoms with Gasteiger partial charge < -0.3 is 0 Å². The Balaban J connectivity index is 2.32. The van der Waals surface area contributed by atoms with Gasteiger partial charge in [0, 0.05) is 10.6 Å². The largest absolute Gasteiger partial charge is 0.267 e. The number of halogens is 2. The van der Waals surface area contributed by atoms with E-state index in [9.17, 15) is 8.78 Å². The third kappa shape index (κ3) is 4.67. The molecule has 0 nitrogen and oxygen atoms in total. The molecule has 0 aliphatic heterocycles. The van der Waals surface area contributed by atoms with Crippen LogP contribution in [0.15, 0.2) is 41.3 Å². The van der Waals surface area contributed by atoms with E-state index >= 15 is 0 Å². The van der Waals surface area contributed by atoms with Gasteiger partial charge >= 0.3 is 0 Å². The summed E-state index contributed by atoms with van der Waals surface area (Å²) in [5.74, 6) is 0.334. The van der Waals surface area contributed by atoms with E-state index in [1.54, 1.807) is 0 Å². The SMILES string of the molecule is Cc1ccc(SSCC=C(F)F)cc1. The van der Waals surface area contributed by atoms with Crippen molar-refractivity contribution in [3.63, 3.8) is 0 Å². The van der Waals surface area contributed by atoms with Crippen LogP contribution in [0.5, 0.6) is 0 Å². The second kappa shape index (κ2) is 6.09. The van der Waals surface area contributed by atoms with E-state index in [2.05, 4.69) is 0 Å². The Morgan fingerprint density at radius 3 is 2.50 bits per heavy atom. The van der Waals surface area contributed by atoms with Gasteiger partial charge in [0.05, 0.1) is 0 Å². The average molecular weight is 232 g/mol. The molecule has 0 spiro atoms. The van der Waals surface area contributed by atoms with Crippen molar-refractivity contribution < 1.29 is 8.78 Å². The Bertz CT molecular complexity index is 302. The van der Waals surface area contributed by atoms with E-state index in [1.165, 1.54) is 27.2 Å². The van der Waals surface area contributed by atoms with Crippen LogP contribution in [0.1, 0.15) is 5.56 Å². The van der Waals surface area contributed by atoms with Gasteiger partial charge in [-0.15, -0.1) is 0 Å².